The Balaban J connectivity index is 1.72. The topological polar surface area (TPSA) is 76.2 Å². The SMILES string of the molecule is CCOC(=O)C1CCN(C2CC(=O)N(c3cc(C)ccc3OC)C2=O)CC1. The molecule has 2 aliphatic rings. The van der Waals surface area contributed by atoms with Crippen LogP contribution in [0.15, 0.2) is 18.2 Å². The van der Waals surface area contributed by atoms with Gasteiger partial charge in [0.25, 0.3) is 5.91 Å². The smallest absolute Gasteiger partial charge is 0.309 e. The van der Waals surface area contributed by atoms with Crippen molar-refractivity contribution in [3.8, 4) is 5.75 Å². The fraction of sp³-hybridized carbons (Fsp3) is 0.550. The van der Waals surface area contributed by atoms with Crippen molar-refractivity contribution in [2.24, 2.45) is 5.92 Å². The molecule has 27 heavy (non-hydrogen) atoms. The molecule has 146 valence electrons. The van der Waals surface area contributed by atoms with Crippen molar-refractivity contribution < 1.29 is 23.9 Å². The molecule has 7 heteroatoms. The third-order valence-electron chi connectivity index (χ3n) is 5.29. The number of hydrogen-bond acceptors (Lipinski definition) is 6. The van der Waals surface area contributed by atoms with Crippen LogP contribution in [-0.4, -0.2) is 55.5 Å². The number of benzene rings is 1. The van der Waals surface area contributed by atoms with E-state index >= 15 is 0 Å². The molecule has 0 saturated carbocycles. The largest absolute Gasteiger partial charge is 0.495 e. The van der Waals surface area contributed by atoms with E-state index in [1.165, 1.54) is 12.0 Å². The molecule has 2 saturated heterocycles. The van der Waals surface area contributed by atoms with E-state index < -0.39 is 6.04 Å². The predicted molar refractivity (Wildman–Crippen MR) is 99.6 cm³/mol. The van der Waals surface area contributed by atoms with E-state index in [1.807, 2.05) is 17.9 Å². The van der Waals surface area contributed by atoms with Crippen LogP contribution in [-0.2, 0) is 19.1 Å². The molecule has 0 radical (unpaired) electrons. The molecule has 2 amide bonds. The highest BCUT2D eigenvalue weighted by molar-refractivity contribution is 6.23. The van der Waals surface area contributed by atoms with E-state index in [1.54, 1.807) is 19.1 Å². The Morgan fingerprint density at radius 3 is 2.56 bits per heavy atom. The molecular formula is C20H26N2O5. The number of likely N-dealkylation sites (tertiary alicyclic amines) is 1. The summed E-state index contributed by atoms with van der Waals surface area (Å²) in [7, 11) is 1.52. The van der Waals surface area contributed by atoms with Gasteiger partial charge in [-0.25, -0.2) is 4.90 Å². The Hall–Kier alpha value is -2.41. The molecule has 7 nitrogen and oxygen atoms in total. The standard InChI is InChI=1S/C20H26N2O5/c1-4-27-20(25)14-7-9-21(10-8-14)16-12-18(23)22(19(16)24)15-11-13(2)5-6-17(15)26-3/h5-6,11,14,16H,4,7-10,12H2,1-3H3. The third-order valence-corrected chi connectivity index (χ3v) is 5.29. The van der Waals surface area contributed by atoms with Crippen molar-refractivity contribution in [3.05, 3.63) is 23.8 Å². The lowest BCUT2D eigenvalue weighted by Gasteiger charge is -2.33. The molecule has 3 rings (SSSR count). The Labute approximate surface area is 159 Å². The summed E-state index contributed by atoms with van der Waals surface area (Å²) in [5.74, 6) is -0.234. The van der Waals surface area contributed by atoms with Crippen molar-refractivity contribution >= 4 is 23.5 Å². The van der Waals surface area contributed by atoms with Gasteiger partial charge in [0.1, 0.15) is 5.75 Å². The second-order valence-electron chi connectivity index (χ2n) is 7.02. The summed E-state index contributed by atoms with van der Waals surface area (Å²) < 4.78 is 10.4. The number of aryl methyl sites for hydroxylation is 1. The lowest BCUT2D eigenvalue weighted by Crippen LogP contribution is -2.47. The molecule has 2 heterocycles. The summed E-state index contributed by atoms with van der Waals surface area (Å²) in [6, 6.07) is 4.96. The Bertz CT molecular complexity index is 740. The molecule has 0 aromatic heterocycles. The highest BCUT2D eigenvalue weighted by Gasteiger charge is 2.44. The average Bonchev–Trinajstić information content (AvgIpc) is 2.96. The summed E-state index contributed by atoms with van der Waals surface area (Å²) >= 11 is 0. The number of anilines is 1. The summed E-state index contributed by atoms with van der Waals surface area (Å²) in [5, 5.41) is 0. The van der Waals surface area contributed by atoms with Gasteiger partial charge in [0, 0.05) is 0 Å². The Morgan fingerprint density at radius 2 is 1.93 bits per heavy atom. The summed E-state index contributed by atoms with van der Waals surface area (Å²) in [4.78, 5) is 40.8. The van der Waals surface area contributed by atoms with Gasteiger partial charge in [-0.1, -0.05) is 6.07 Å². The fourth-order valence-electron chi connectivity index (χ4n) is 3.84. The molecule has 1 aromatic rings. The number of imide groups is 1. The second-order valence-corrected chi connectivity index (χ2v) is 7.02. The number of piperidine rings is 1. The summed E-state index contributed by atoms with van der Waals surface area (Å²) in [5.41, 5.74) is 1.45. The van der Waals surface area contributed by atoms with Gasteiger partial charge < -0.3 is 9.47 Å². The highest BCUT2D eigenvalue weighted by Crippen LogP contribution is 2.35. The van der Waals surface area contributed by atoms with Crippen LogP contribution in [0.1, 0.15) is 31.7 Å². The maximum absolute atomic E-state index is 13.0. The lowest BCUT2D eigenvalue weighted by atomic mass is 9.95. The number of esters is 1. The van der Waals surface area contributed by atoms with Gasteiger partial charge in [0.2, 0.25) is 5.91 Å². The summed E-state index contributed by atoms with van der Waals surface area (Å²) in [6.45, 7) is 5.29. The highest BCUT2D eigenvalue weighted by atomic mass is 16.5. The van der Waals surface area contributed by atoms with Crippen LogP contribution in [0.5, 0.6) is 5.75 Å². The van der Waals surface area contributed by atoms with E-state index in [0.29, 0.717) is 44.0 Å². The van der Waals surface area contributed by atoms with E-state index in [4.69, 9.17) is 9.47 Å². The first-order valence-electron chi connectivity index (χ1n) is 9.38. The molecule has 1 atom stereocenters. The molecule has 2 fully saturated rings. The lowest BCUT2D eigenvalue weighted by molar-refractivity contribution is -0.149. The normalized spacial score (nSPS) is 21.6. The molecule has 2 aliphatic heterocycles. The first-order valence-corrected chi connectivity index (χ1v) is 9.38. The van der Waals surface area contributed by atoms with Crippen LogP contribution >= 0.6 is 0 Å². The number of carbonyl (C=O) groups excluding carboxylic acids is 3. The number of carbonyl (C=O) groups is 3. The van der Waals surface area contributed by atoms with Crippen LogP contribution < -0.4 is 9.64 Å². The van der Waals surface area contributed by atoms with Crippen molar-refractivity contribution in [2.75, 3.05) is 31.7 Å². The maximum atomic E-state index is 13.0. The van der Waals surface area contributed by atoms with E-state index in [9.17, 15) is 14.4 Å². The van der Waals surface area contributed by atoms with Crippen molar-refractivity contribution in [1.29, 1.82) is 0 Å². The van der Waals surface area contributed by atoms with Crippen molar-refractivity contribution in [2.45, 2.75) is 39.2 Å². The minimum Gasteiger partial charge on any atom is -0.495 e. The number of methoxy groups -OCH3 is 1. The number of nitrogens with zero attached hydrogens (tertiary/aromatic N) is 2. The van der Waals surface area contributed by atoms with E-state index in [-0.39, 0.29) is 30.1 Å². The third kappa shape index (κ3) is 3.83. The zero-order valence-corrected chi connectivity index (χ0v) is 16.1. The minimum absolute atomic E-state index is 0.124. The Kier molecular flexibility index (Phi) is 5.79. The van der Waals surface area contributed by atoms with Gasteiger partial charge >= 0.3 is 5.97 Å². The zero-order chi connectivity index (χ0) is 19.6. The average molecular weight is 374 g/mol. The van der Waals surface area contributed by atoms with Gasteiger partial charge in [0.05, 0.1) is 37.8 Å². The van der Waals surface area contributed by atoms with Crippen molar-refractivity contribution in [1.82, 2.24) is 4.90 Å². The van der Waals surface area contributed by atoms with Gasteiger partial charge in [-0.05, 0) is 57.5 Å². The zero-order valence-electron chi connectivity index (χ0n) is 16.1. The molecule has 0 aliphatic carbocycles. The second kappa shape index (κ2) is 8.08. The number of ether oxygens (including phenoxy) is 2. The first-order chi connectivity index (χ1) is 13.0. The number of hydrogen-bond donors (Lipinski definition) is 0. The van der Waals surface area contributed by atoms with Crippen LogP contribution in [0.4, 0.5) is 5.69 Å². The summed E-state index contributed by atoms with van der Waals surface area (Å²) in [6.07, 6.45) is 1.44. The molecule has 0 N–H and O–H groups in total. The molecule has 0 spiro atoms. The van der Waals surface area contributed by atoms with Crippen LogP contribution in [0.2, 0.25) is 0 Å². The maximum Gasteiger partial charge on any atom is 0.309 e. The Morgan fingerprint density at radius 1 is 1.22 bits per heavy atom. The molecule has 1 unspecified atom stereocenters. The van der Waals surface area contributed by atoms with Crippen molar-refractivity contribution in [3.63, 3.8) is 0 Å². The molecular weight excluding hydrogens is 348 g/mol. The van der Waals surface area contributed by atoms with E-state index in [2.05, 4.69) is 0 Å². The quantitative estimate of drug-likeness (QED) is 0.579. The van der Waals surface area contributed by atoms with Gasteiger partial charge in [-0.15, -0.1) is 0 Å². The predicted octanol–water partition coefficient (Wildman–Crippen LogP) is 1.91. The molecule has 0 bridgehead atoms. The van der Waals surface area contributed by atoms with Crippen LogP contribution in [0, 0.1) is 12.8 Å². The fourth-order valence-corrected chi connectivity index (χ4v) is 3.84. The van der Waals surface area contributed by atoms with Gasteiger partial charge in [-0.3, -0.25) is 19.3 Å². The van der Waals surface area contributed by atoms with Crippen LogP contribution in [0.3, 0.4) is 0 Å². The number of amides is 2. The van der Waals surface area contributed by atoms with E-state index in [0.717, 1.165) is 5.56 Å². The number of rotatable bonds is 5. The van der Waals surface area contributed by atoms with Gasteiger partial charge in [0.15, 0.2) is 0 Å². The van der Waals surface area contributed by atoms with Gasteiger partial charge in [-0.2, -0.15) is 0 Å². The monoisotopic (exact) mass is 374 g/mol. The first kappa shape index (κ1) is 19.4. The molecule has 1 aromatic carbocycles. The minimum atomic E-state index is -0.481. The van der Waals surface area contributed by atoms with Crippen LogP contribution in [0.25, 0.3) is 0 Å².